The summed E-state index contributed by atoms with van der Waals surface area (Å²) in [6.07, 6.45) is -1.03. The van der Waals surface area contributed by atoms with Gasteiger partial charge in [-0.15, -0.1) is 0 Å². The lowest BCUT2D eigenvalue weighted by Crippen LogP contribution is -2.37. The van der Waals surface area contributed by atoms with Gasteiger partial charge in [-0.25, -0.2) is 9.18 Å². The van der Waals surface area contributed by atoms with Crippen LogP contribution in [0.5, 0.6) is 0 Å². The Morgan fingerprint density at radius 3 is 2.75 bits per heavy atom. The number of halogens is 2. The number of amides is 1. The van der Waals surface area contributed by atoms with Crippen molar-refractivity contribution in [1.82, 2.24) is 5.32 Å². The minimum absolute atomic E-state index is 0.171. The first-order chi connectivity index (χ1) is 9.45. The maximum absolute atomic E-state index is 13.5. The van der Waals surface area contributed by atoms with E-state index in [0.29, 0.717) is 13.2 Å². The summed E-state index contributed by atoms with van der Waals surface area (Å²) in [7, 11) is 1.50. The second-order valence-corrected chi connectivity index (χ2v) is 4.39. The summed E-state index contributed by atoms with van der Waals surface area (Å²) in [5, 5.41) is 2.68. The Hall–Kier alpha value is -1.66. The summed E-state index contributed by atoms with van der Waals surface area (Å²) < 4.78 is 23.1. The number of carbonyl (C=O) groups is 2. The molecule has 0 aliphatic heterocycles. The molecular weight excluding hydrogens is 289 g/mol. The van der Waals surface area contributed by atoms with Crippen molar-refractivity contribution in [2.24, 2.45) is 0 Å². The van der Waals surface area contributed by atoms with E-state index in [4.69, 9.17) is 21.1 Å². The number of rotatable bonds is 6. The van der Waals surface area contributed by atoms with E-state index in [9.17, 15) is 14.0 Å². The van der Waals surface area contributed by atoms with E-state index in [1.54, 1.807) is 0 Å². The van der Waals surface area contributed by atoms with Gasteiger partial charge in [0.1, 0.15) is 5.82 Å². The molecule has 1 aromatic rings. The second-order valence-electron chi connectivity index (χ2n) is 3.96. The molecule has 0 saturated carbocycles. The van der Waals surface area contributed by atoms with Gasteiger partial charge in [0.15, 0.2) is 6.10 Å². The minimum atomic E-state index is -1.03. The predicted octanol–water partition coefficient (Wildman–Crippen LogP) is 1.79. The predicted molar refractivity (Wildman–Crippen MR) is 71.2 cm³/mol. The van der Waals surface area contributed by atoms with Crippen LogP contribution in [0.25, 0.3) is 0 Å². The highest BCUT2D eigenvalue weighted by Crippen LogP contribution is 2.16. The zero-order valence-electron chi connectivity index (χ0n) is 11.1. The summed E-state index contributed by atoms with van der Waals surface area (Å²) in [4.78, 5) is 23.3. The van der Waals surface area contributed by atoms with Gasteiger partial charge in [0.05, 0.1) is 12.2 Å². The molecular formula is C13H15ClFNO4. The monoisotopic (exact) mass is 303 g/mol. The molecule has 0 radical (unpaired) electrons. The van der Waals surface area contributed by atoms with Crippen molar-refractivity contribution in [3.8, 4) is 0 Å². The molecule has 0 fully saturated rings. The van der Waals surface area contributed by atoms with Crippen molar-refractivity contribution in [2.75, 3.05) is 20.3 Å². The fourth-order valence-corrected chi connectivity index (χ4v) is 1.51. The molecule has 0 aromatic heterocycles. The lowest BCUT2D eigenvalue weighted by molar-refractivity contribution is -0.129. The van der Waals surface area contributed by atoms with Crippen LogP contribution in [0, 0.1) is 5.82 Å². The topological polar surface area (TPSA) is 64.6 Å². The molecule has 1 amide bonds. The van der Waals surface area contributed by atoms with Crippen LogP contribution in [0.15, 0.2) is 18.2 Å². The Bertz CT molecular complexity index is 495. The van der Waals surface area contributed by atoms with Gasteiger partial charge in [-0.05, 0) is 25.1 Å². The van der Waals surface area contributed by atoms with Gasteiger partial charge >= 0.3 is 5.97 Å². The number of carbonyl (C=O) groups excluding carboxylic acids is 2. The molecule has 0 unspecified atom stereocenters. The number of nitrogens with one attached hydrogen (secondary N) is 1. The maximum atomic E-state index is 13.5. The summed E-state index contributed by atoms with van der Waals surface area (Å²) in [6.45, 7) is 2.04. The van der Waals surface area contributed by atoms with Gasteiger partial charge < -0.3 is 14.8 Å². The van der Waals surface area contributed by atoms with E-state index in [-0.39, 0.29) is 10.6 Å². The Balaban J connectivity index is 2.58. The number of esters is 1. The van der Waals surface area contributed by atoms with Crippen molar-refractivity contribution in [2.45, 2.75) is 13.0 Å². The molecule has 0 aliphatic carbocycles. The van der Waals surface area contributed by atoms with Gasteiger partial charge in [0.25, 0.3) is 5.91 Å². The van der Waals surface area contributed by atoms with Gasteiger partial charge in [0, 0.05) is 18.7 Å². The van der Waals surface area contributed by atoms with Crippen LogP contribution in [0.1, 0.15) is 17.3 Å². The highest BCUT2D eigenvalue weighted by atomic mass is 35.5. The van der Waals surface area contributed by atoms with E-state index < -0.39 is 23.8 Å². The molecule has 110 valence electrons. The molecule has 0 saturated heterocycles. The first kappa shape index (κ1) is 16.4. The second kappa shape index (κ2) is 7.81. The Morgan fingerprint density at radius 2 is 2.15 bits per heavy atom. The smallest absolute Gasteiger partial charge is 0.341 e. The van der Waals surface area contributed by atoms with Crippen LogP contribution in [0.2, 0.25) is 5.02 Å². The maximum Gasteiger partial charge on any atom is 0.341 e. The van der Waals surface area contributed by atoms with Gasteiger partial charge in [0.2, 0.25) is 0 Å². The van der Waals surface area contributed by atoms with E-state index in [1.165, 1.54) is 26.2 Å². The van der Waals surface area contributed by atoms with Crippen LogP contribution >= 0.6 is 11.6 Å². The molecule has 0 spiro atoms. The third kappa shape index (κ3) is 4.79. The molecule has 20 heavy (non-hydrogen) atoms. The Morgan fingerprint density at radius 1 is 1.45 bits per heavy atom. The SMILES string of the molecule is COCCNC(=O)[C@H](C)OC(=O)c1ccc(Cl)cc1F. The molecule has 1 atom stereocenters. The normalized spacial score (nSPS) is 11.8. The quantitative estimate of drug-likeness (QED) is 0.643. The van der Waals surface area contributed by atoms with Gasteiger partial charge in [-0.3, -0.25) is 4.79 Å². The van der Waals surface area contributed by atoms with Crippen LogP contribution in [-0.2, 0) is 14.3 Å². The number of hydrogen-bond donors (Lipinski definition) is 1. The fraction of sp³-hybridized carbons (Fsp3) is 0.385. The molecule has 1 rings (SSSR count). The van der Waals surface area contributed by atoms with Crippen LogP contribution in [0.3, 0.4) is 0 Å². The van der Waals surface area contributed by atoms with Crippen molar-refractivity contribution in [1.29, 1.82) is 0 Å². The lowest BCUT2D eigenvalue weighted by Gasteiger charge is -2.13. The number of ether oxygens (including phenoxy) is 2. The van der Waals surface area contributed by atoms with Gasteiger partial charge in [-0.2, -0.15) is 0 Å². The summed E-state index contributed by atoms with van der Waals surface area (Å²) in [5.74, 6) is -2.20. The number of methoxy groups -OCH3 is 1. The van der Waals surface area contributed by atoms with Crippen LogP contribution in [-0.4, -0.2) is 38.2 Å². The highest BCUT2D eigenvalue weighted by Gasteiger charge is 2.20. The zero-order valence-corrected chi connectivity index (χ0v) is 11.9. The van der Waals surface area contributed by atoms with Crippen molar-refractivity contribution >= 4 is 23.5 Å². The van der Waals surface area contributed by atoms with Crippen molar-refractivity contribution < 1.29 is 23.5 Å². The first-order valence-corrected chi connectivity index (χ1v) is 6.26. The summed E-state index contributed by atoms with van der Waals surface area (Å²) >= 11 is 5.58. The van der Waals surface area contributed by atoms with Crippen molar-refractivity contribution in [3.63, 3.8) is 0 Å². The molecule has 1 aromatic carbocycles. The van der Waals surface area contributed by atoms with Gasteiger partial charge in [-0.1, -0.05) is 11.6 Å². The Labute approximate surface area is 121 Å². The standard InChI is InChI=1S/C13H15ClFNO4/c1-8(12(17)16-5-6-19-2)20-13(18)10-4-3-9(14)7-11(10)15/h3-4,7-8H,5-6H2,1-2H3,(H,16,17)/t8-/m0/s1. The first-order valence-electron chi connectivity index (χ1n) is 5.88. The van der Waals surface area contributed by atoms with E-state index in [0.717, 1.165) is 6.07 Å². The average Bonchev–Trinajstić information content (AvgIpc) is 2.38. The van der Waals surface area contributed by atoms with E-state index >= 15 is 0 Å². The molecule has 5 nitrogen and oxygen atoms in total. The Kier molecular flexibility index (Phi) is 6.41. The third-order valence-electron chi connectivity index (χ3n) is 2.41. The largest absolute Gasteiger partial charge is 0.449 e. The van der Waals surface area contributed by atoms with Crippen molar-refractivity contribution in [3.05, 3.63) is 34.6 Å². The molecule has 0 bridgehead atoms. The third-order valence-corrected chi connectivity index (χ3v) is 2.64. The highest BCUT2D eigenvalue weighted by molar-refractivity contribution is 6.30. The zero-order chi connectivity index (χ0) is 15.1. The number of benzene rings is 1. The average molecular weight is 304 g/mol. The lowest BCUT2D eigenvalue weighted by atomic mass is 10.2. The molecule has 0 aliphatic rings. The van der Waals surface area contributed by atoms with E-state index in [1.807, 2.05) is 0 Å². The van der Waals surface area contributed by atoms with Crippen LogP contribution in [0.4, 0.5) is 4.39 Å². The fourth-order valence-electron chi connectivity index (χ4n) is 1.35. The summed E-state index contributed by atoms with van der Waals surface area (Å²) in [5.41, 5.74) is -0.272. The minimum Gasteiger partial charge on any atom is -0.449 e. The van der Waals surface area contributed by atoms with E-state index in [2.05, 4.69) is 5.32 Å². The molecule has 7 heteroatoms. The molecule has 1 N–H and O–H groups in total. The summed E-state index contributed by atoms with van der Waals surface area (Å²) in [6, 6.07) is 3.57. The van der Waals surface area contributed by atoms with Crippen LogP contribution < -0.4 is 5.32 Å². The number of hydrogen-bond acceptors (Lipinski definition) is 4. The molecule has 0 heterocycles.